The predicted molar refractivity (Wildman–Crippen MR) is 89.1 cm³/mol. The Kier molecular flexibility index (Phi) is 5.74. The van der Waals surface area contributed by atoms with Crippen molar-refractivity contribution in [2.45, 2.75) is 38.0 Å². The fourth-order valence-electron chi connectivity index (χ4n) is 3.18. The molecule has 2 aromatic rings. The summed E-state index contributed by atoms with van der Waals surface area (Å²) in [5.41, 5.74) is -1.24. The summed E-state index contributed by atoms with van der Waals surface area (Å²) < 4.78 is 71.1. The van der Waals surface area contributed by atoms with Crippen LogP contribution >= 0.6 is 11.6 Å². The molecule has 1 aliphatic rings. The second-order valence-corrected chi connectivity index (χ2v) is 6.80. The maximum Gasteiger partial charge on any atom is 0.349 e. The van der Waals surface area contributed by atoms with Crippen LogP contribution in [0.25, 0.3) is 0 Å². The summed E-state index contributed by atoms with van der Waals surface area (Å²) in [7, 11) is 0. The molecule has 1 fully saturated rings. The smallest absolute Gasteiger partial charge is 0.349 e. The molecule has 1 saturated carbocycles. The molecule has 0 aliphatic heterocycles. The fourth-order valence-corrected chi connectivity index (χ4v) is 3.49. The second-order valence-electron chi connectivity index (χ2n) is 6.40. The zero-order chi connectivity index (χ0) is 20.6. The van der Waals surface area contributed by atoms with Crippen LogP contribution in [0, 0.1) is 29.1 Å². The van der Waals surface area contributed by atoms with Crippen molar-refractivity contribution in [3.63, 3.8) is 0 Å². The summed E-state index contributed by atoms with van der Waals surface area (Å²) in [5.74, 6) is -15.0. The number of nitrogens with one attached hydrogen (secondary N) is 1. The molecule has 3 rings (SSSR count). The minimum atomic E-state index is -2.40. The number of pyridine rings is 1. The van der Waals surface area contributed by atoms with Gasteiger partial charge in [-0.05, 0) is 18.9 Å². The molecular formula is C18H13ClF5NO3. The molecule has 0 atom stereocenters. The van der Waals surface area contributed by atoms with Gasteiger partial charge in [-0.3, -0.25) is 4.79 Å². The largest absolute Gasteiger partial charge is 0.416 e. The summed E-state index contributed by atoms with van der Waals surface area (Å²) in [5, 5.41) is 0.0378. The van der Waals surface area contributed by atoms with Gasteiger partial charge in [0.1, 0.15) is 5.56 Å². The van der Waals surface area contributed by atoms with E-state index in [0.29, 0.717) is 5.69 Å². The average molecular weight is 422 g/mol. The Bertz CT molecular complexity index is 973. The number of carbonyl (C=O) groups is 1. The Balaban J connectivity index is 1.94. The van der Waals surface area contributed by atoms with E-state index >= 15 is 0 Å². The number of esters is 1. The van der Waals surface area contributed by atoms with Crippen molar-refractivity contribution in [2.24, 2.45) is 0 Å². The lowest BCUT2D eigenvalue weighted by Gasteiger charge is -2.22. The first kappa shape index (κ1) is 20.3. The zero-order valence-electron chi connectivity index (χ0n) is 14.2. The predicted octanol–water partition coefficient (Wildman–Crippen LogP) is 4.99. The molecule has 150 valence electrons. The number of halogens is 6. The van der Waals surface area contributed by atoms with Gasteiger partial charge in [0.05, 0.1) is 5.02 Å². The van der Waals surface area contributed by atoms with Gasteiger partial charge in [-0.2, -0.15) is 8.78 Å². The third kappa shape index (κ3) is 3.63. The van der Waals surface area contributed by atoms with Crippen molar-refractivity contribution in [3.8, 4) is 5.75 Å². The first-order valence-corrected chi connectivity index (χ1v) is 8.76. The quantitative estimate of drug-likeness (QED) is 0.250. The van der Waals surface area contributed by atoms with Crippen LogP contribution in [0.2, 0.25) is 5.02 Å². The summed E-state index contributed by atoms with van der Waals surface area (Å²) in [6, 6.07) is 0.957. The number of hydrogen-bond donors (Lipinski definition) is 1. The van der Waals surface area contributed by atoms with Crippen LogP contribution in [0.1, 0.15) is 54.1 Å². The van der Waals surface area contributed by atoms with E-state index in [4.69, 9.17) is 11.6 Å². The number of H-pyrrole nitrogens is 1. The zero-order valence-corrected chi connectivity index (χ0v) is 14.9. The van der Waals surface area contributed by atoms with E-state index in [1.54, 1.807) is 0 Å². The molecule has 0 saturated heterocycles. The van der Waals surface area contributed by atoms with Gasteiger partial charge in [0, 0.05) is 11.6 Å². The number of carbonyl (C=O) groups excluding carboxylic acids is 1. The van der Waals surface area contributed by atoms with Crippen molar-refractivity contribution >= 4 is 17.6 Å². The molecule has 4 nitrogen and oxygen atoms in total. The van der Waals surface area contributed by atoms with Gasteiger partial charge < -0.3 is 9.72 Å². The van der Waals surface area contributed by atoms with E-state index in [1.807, 2.05) is 0 Å². The van der Waals surface area contributed by atoms with E-state index in [-0.39, 0.29) is 10.9 Å². The topological polar surface area (TPSA) is 59.2 Å². The molecule has 0 unspecified atom stereocenters. The monoisotopic (exact) mass is 421 g/mol. The molecule has 1 aliphatic carbocycles. The van der Waals surface area contributed by atoms with Crippen LogP contribution in [0.5, 0.6) is 5.75 Å². The first-order chi connectivity index (χ1) is 13.2. The minimum absolute atomic E-state index is 0.00537. The molecule has 1 aromatic carbocycles. The van der Waals surface area contributed by atoms with E-state index < -0.39 is 51.9 Å². The van der Waals surface area contributed by atoms with Gasteiger partial charge in [0.15, 0.2) is 0 Å². The Morgan fingerprint density at radius 1 is 0.964 bits per heavy atom. The molecule has 0 amide bonds. The number of hydrogen-bond acceptors (Lipinski definition) is 3. The SMILES string of the molecule is O=C(Oc1c(F)c(F)c(F)c(F)c1F)c1cc(Cl)c(C2CCCCC2)[nH]c1=O. The Morgan fingerprint density at radius 2 is 1.50 bits per heavy atom. The Morgan fingerprint density at radius 3 is 2.07 bits per heavy atom. The molecule has 1 N–H and O–H groups in total. The first-order valence-electron chi connectivity index (χ1n) is 8.38. The Hall–Kier alpha value is -2.42. The van der Waals surface area contributed by atoms with E-state index in [0.717, 1.165) is 38.2 Å². The number of benzene rings is 1. The van der Waals surface area contributed by atoms with Crippen LogP contribution in [-0.2, 0) is 0 Å². The molecule has 28 heavy (non-hydrogen) atoms. The number of aromatic amines is 1. The van der Waals surface area contributed by atoms with Crippen molar-refractivity contribution < 1.29 is 31.5 Å². The summed E-state index contributed by atoms with van der Waals surface area (Å²) in [4.78, 5) is 26.8. The number of ether oxygens (including phenoxy) is 1. The summed E-state index contributed by atoms with van der Waals surface area (Å²) in [6.07, 6.45) is 4.55. The number of aromatic nitrogens is 1. The van der Waals surface area contributed by atoms with E-state index in [9.17, 15) is 31.5 Å². The lowest BCUT2D eigenvalue weighted by Crippen LogP contribution is -2.25. The standard InChI is InChI=1S/C18H13ClF5NO3/c19-9-6-8(17(26)25-15(9)7-4-2-1-3-5-7)18(27)28-16-13(23)11(21)10(20)12(22)14(16)24/h6-7H,1-5H2,(H,25,26). The van der Waals surface area contributed by atoms with Crippen molar-refractivity contribution in [3.05, 3.63) is 61.8 Å². The van der Waals surface area contributed by atoms with Crippen LogP contribution in [0.4, 0.5) is 22.0 Å². The summed E-state index contributed by atoms with van der Waals surface area (Å²) in [6.45, 7) is 0. The van der Waals surface area contributed by atoms with E-state index in [2.05, 4.69) is 9.72 Å². The molecule has 0 bridgehead atoms. The maximum atomic E-state index is 13.7. The molecule has 0 radical (unpaired) electrons. The van der Waals surface area contributed by atoms with Gasteiger partial charge in [-0.1, -0.05) is 30.9 Å². The molecular weight excluding hydrogens is 409 g/mol. The van der Waals surface area contributed by atoms with Crippen molar-refractivity contribution in [1.82, 2.24) is 4.98 Å². The lowest BCUT2D eigenvalue weighted by molar-refractivity contribution is 0.0714. The van der Waals surface area contributed by atoms with Gasteiger partial charge in [0.25, 0.3) is 5.56 Å². The third-order valence-electron chi connectivity index (χ3n) is 4.62. The van der Waals surface area contributed by atoms with Crippen LogP contribution < -0.4 is 10.3 Å². The summed E-state index contributed by atoms with van der Waals surface area (Å²) >= 11 is 6.12. The highest BCUT2D eigenvalue weighted by molar-refractivity contribution is 6.31. The molecule has 0 spiro atoms. The maximum absolute atomic E-state index is 13.7. The van der Waals surface area contributed by atoms with Crippen LogP contribution in [0.15, 0.2) is 10.9 Å². The Labute approximate surface area is 160 Å². The third-order valence-corrected chi connectivity index (χ3v) is 4.93. The van der Waals surface area contributed by atoms with E-state index in [1.165, 1.54) is 0 Å². The highest BCUT2D eigenvalue weighted by atomic mass is 35.5. The second kappa shape index (κ2) is 7.90. The van der Waals surface area contributed by atoms with Gasteiger partial charge >= 0.3 is 5.97 Å². The van der Waals surface area contributed by atoms with Gasteiger partial charge in [0.2, 0.25) is 34.8 Å². The normalized spacial score (nSPS) is 14.9. The highest BCUT2D eigenvalue weighted by Crippen LogP contribution is 2.35. The highest BCUT2D eigenvalue weighted by Gasteiger charge is 2.30. The van der Waals surface area contributed by atoms with Gasteiger partial charge in [-0.15, -0.1) is 0 Å². The lowest BCUT2D eigenvalue weighted by atomic mass is 9.86. The van der Waals surface area contributed by atoms with Crippen LogP contribution in [-0.4, -0.2) is 11.0 Å². The molecule has 10 heteroatoms. The molecule has 1 heterocycles. The molecule has 1 aromatic heterocycles. The van der Waals surface area contributed by atoms with Crippen LogP contribution in [0.3, 0.4) is 0 Å². The minimum Gasteiger partial charge on any atom is -0.416 e. The van der Waals surface area contributed by atoms with Crippen molar-refractivity contribution in [1.29, 1.82) is 0 Å². The van der Waals surface area contributed by atoms with Gasteiger partial charge in [-0.25, -0.2) is 18.0 Å². The average Bonchev–Trinajstić information content (AvgIpc) is 2.70. The number of rotatable bonds is 3. The fraction of sp³-hybridized carbons (Fsp3) is 0.333. The van der Waals surface area contributed by atoms with Crippen molar-refractivity contribution in [2.75, 3.05) is 0 Å².